The maximum atomic E-state index is 14.4. The van der Waals surface area contributed by atoms with Crippen molar-refractivity contribution >= 4 is 22.6 Å². The third-order valence-electron chi connectivity index (χ3n) is 6.10. The van der Waals surface area contributed by atoms with Gasteiger partial charge in [-0.3, -0.25) is 4.79 Å². The zero-order valence-corrected chi connectivity index (χ0v) is 20.5. The van der Waals surface area contributed by atoms with E-state index in [0.717, 1.165) is 53.0 Å². The quantitative estimate of drug-likeness (QED) is 0.299. The van der Waals surface area contributed by atoms with Gasteiger partial charge in [-0.1, -0.05) is 12.1 Å². The predicted molar refractivity (Wildman–Crippen MR) is 140 cm³/mol. The van der Waals surface area contributed by atoms with Crippen LogP contribution in [0.4, 0.5) is 10.1 Å². The molecule has 1 amide bonds. The number of carbonyl (C=O) groups is 1. The third-order valence-corrected chi connectivity index (χ3v) is 6.10. The minimum Gasteiger partial charge on any atom is -0.492 e. The standard InChI is InChI=1S/C28H30FN5O2/c1-34(2)10-11-36-23-5-3-4-19(13-23)25-15-21-12-18(17-31-27(21)33-25)16-30-26-14-20(6-9-24(26)29)28(35)32-22-7-8-22/h3-6,9,12-15,17,22,30H,7-8,10-11,16H2,1-2H3,(H,31,33)(H,32,35). The van der Waals surface area contributed by atoms with Crippen LogP contribution in [0.2, 0.25) is 0 Å². The van der Waals surface area contributed by atoms with Gasteiger partial charge in [-0.15, -0.1) is 0 Å². The van der Waals surface area contributed by atoms with E-state index in [9.17, 15) is 9.18 Å². The molecule has 0 unspecified atom stereocenters. The Hall–Kier alpha value is -3.91. The van der Waals surface area contributed by atoms with Crippen LogP contribution in [-0.2, 0) is 6.54 Å². The van der Waals surface area contributed by atoms with E-state index in [1.165, 1.54) is 12.1 Å². The Morgan fingerprint density at radius 2 is 2.03 bits per heavy atom. The molecule has 1 aliphatic rings. The van der Waals surface area contributed by atoms with E-state index in [2.05, 4.69) is 25.5 Å². The van der Waals surface area contributed by atoms with Gasteiger partial charge >= 0.3 is 0 Å². The van der Waals surface area contributed by atoms with Crippen LogP contribution < -0.4 is 15.4 Å². The van der Waals surface area contributed by atoms with Crippen molar-refractivity contribution in [2.24, 2.45) is 0 Å². The van der Waals surface area contributed by atoms with Crippen molar-refractivity contribution in [3.05, 3.63) is 77.7 Å². The van der Waals surface area contributed by atoms with Gasteiger partial charge in [0.2, 0.25) is 0 Å². The molecule has 36 heavy (non-hydrogen) atoms. The molecular weight excluding hydrogens is 457 g/mol. The first kappa shape index (κ1) is 23.8. The van der Waals surface area contributed by atoms with Crippen LogP contribution in [0.5, 0.6) is 5.75 Å². The molecule has 2 aromatic carbocycles. The summed E-state index contributed by atoms with van der Waals surface area (Å²) >= 11 is 0. The minimum atomic E-state index is -0.399. The first-order valence-corrected chi connectivity index (χ1v) is 12.1. The van der Waals surface area contributed by atoms with Crippen molar-refractivity contribution in [1.29, 1.82) is 0 Å². The molecule has 0 radical (unpaired) electrons. The monoisotopic (exact) mass is 487 g/mol. The zero-order valence-electron chi connectivity index (χ0n) is 20.5. The van der Waals surface area contributed by atoms with Gasteiger partial charge in [-0.2, -0.15) is 0 Å². The molecule has 0 atom stereocenters. The Labute approximate surface area is 209 Å². The van der Waals surface area contributed by atoms with Gasteiger partial charge in [-0.05, 0) is 75.0 Å². The van der Waals surface area contributed by atoms with Crippen LogP contribution in [0.1, 0.15) is 28.8 Å². The lowest BCUT2D eigenvalue weighted by Crippen LogP contribution is -2.25. The van der Waals surface area contributed by atoms with E-state index >= 15 is 0 Å². The smallest absolute Gasteiger partial charge is 0.251 e. The summed E-state index contributed by atoms with van der Waals surface area (Å²) in [6.07, 6.45) is 3.77. The molecule has 7 nitrogen and oxygen atoms in total. The molecule has 2 aromatic heterocycles. The third kappa shape index (κ3) is 5.83. The van der Waals surface area contributed by atoms with Crippen LogP contribution in [-0.4, -0.2) is 54.1 Å². The molecule has 1 fully saturated rings. The summed E-state index contributed by atoms with van der Waals surface area (Å²) < 4.78 is 20.2. The minimum absolute atomic E-state index is 0.171. The van der Waals surface area contributed by atoms with Crippen molar-refractivity contribution in [3.8, 4) is 17.0 Å². The Bertz CT molecular complexity index is 1380. The number of halogens is 1. The number of likely N-dealkylation sites (N-methyl/N-ethyl adjacent to an activating group) is 1. The number of anilines is 1. The van der Waals surface area contributed by atoms with Crippen molar-refractivity contribution in [3.63, 3.8) is 0 Å². The van der Waals surface area contributed by atoms with Crippen LogP contribution >= 0.6 is 0 Å². The number of amides is 1. The number of ether oxygens (including phenoxy) is 1. The first-order chi connectivity index (χ1) is 17.4. The zero-order chi connectivity index (χ0) is 25.1. The fourth-order valence-corrected chi connectivity index (χ4v) is 3.91. The number of pyridine rings is 1. The number of aromatic amines is 1. The fraction of sp³-hybridized carbons (Fsp3) is 0.286. The van der Waals surface area contributed by atoms with E-state index in [1.54, 1.807) is 12.3 Å². The molecule has 0 bridgehead atoms. The second-order valence-electron chi connectivity index (χ2n) is 9.44. The molecule has 0 aliphatic heterocycles. The van der Waals surface area contributed by atoms with Crippen molar-refractivity contribution in [2.45, 2.75) is 25.4 Å². The summed E-state index contributed by atoms with van der Waals surface area (Å²) in [6, 6.07) is 16.7. The largest absolute Gasteiger partial charge is 0.492 e. The number of nitrogens with zero attached hydrogens (tertiary/aromatic N) is 2. The summed E-state index contributed by atoms with van der Waals surface area (Å²) in [5.41, 5.74) is 4.38. The second-order valence-corrected chi connectivity index (χ2v) is 9.44. The Morgan fingerprint density at radius 3 is 2.83 bits per heavy atom. The summed E-state index contributed by atoms with van der Waals surface area (Å²) in [7, 11) is 4.03. The Morgan fingerprint density at radius 1 is 1.17 bits per heavy atom. The number of benzene rings is 2. The second kappa shape index (κ2) is 10.4. The maximum Gasteiger partial charge on any atom is 0.251 e. The molecule has 2 heterocycles. The molecule has 8 heteroatoms. The average Bonchev–Trinajstić information content (AvgIpc) is 3.58. The molecule has 186 valence electrons. The highest BCUT2D eigenvalue weighted by Gasteiger charge is 2.24. The number of fused-ring (bicyclic) bond motifs is 1. The molecule has 0 spiro atoms. The van der Waals surface area contributed by atoms with E-state index < -0.39 is 5.82 Å². The highest BCUT2D eigenvalue weighted by molar-refractivity contribution is 5.95. The number of H-pyrrole nitrogens is 1. The van der Waals surface area contributed by atoms with Gasteiger partial charge < -0.3 is 25.3 Å². The van der Waals surface area contributed by atoms with Gasteiger partial charge in [-0.25, -0.2) is 9.37 Å². The summed E-state index contributed by atoms with van der Waals surface area (Å²) in [5.74, 6) is 0.250. The SMILES string of the molecule is CN(C)CCOc1cccc(-c2cc3cc(CNc4cc(C(=O)NC5CC5)ccc4F)cnc3[nH]2)c1. The molecule has 1 aliphatic carbocycles. The van der Waals surface area contributed by atoms with Crippen molar-refractivity contribution < 1.29 is 13.9 Å². The highest BCUT2D eigenvalue weighted by Crippen LogP contribution is 2.27. The number of rotatable bonds is 10. The Kier molecular flexibility index (Phi) is 6.86. The van der Waals surface area contributed by atoms with Gasteiger partial charge in [0.1, 0.15) is 23.8 Å². The molecule has 0 saturated heterocycles. The van der Waals surface area contributed by atoms with Gasteiger partial charge in [0.25, 0.3) is 5.91 Å². The molecule has 5 rings (SSSR count). The topological polar surface area (TPSA) is 82.3 Å². The number of carbonyl (C=O) groups excluding carboxylic acids is 1. The number of nitrogens with one attached hydrogen (secondary N) is 3. The van der Waals surface area contributed by atoms with Gasteiger partial charge in [0.15, 0.2) is 0 Å². The van der Waals surface area contributed by atoms with Gasteiger partial charge in [0, 0.05) is 47.5 Å². The predicted octanol–water partition coefficient (Wildman–Crippen LogP) is 4.81. The maximum absolute atomic E-state index is 14.4. The lowest BCUT2D eigenvalue weighted by molar-refractivity contribution is 0.0951. The number of hydrogen-bond acceptors (Lipinski definition) is 5. The van der Waals surface area contributed by atoms with Crippen LogP contribution in [0.15, 0.2) is 60.8 Å². The number of hydrogen-bond donors (Lipinski definition) is 3. The van der Waals surface area contributed by atoms with E-state index in [1.807, 2.05) is 50.5 Å². The summed E-state index contributed by atoms with van der Waals surface area (Å²) in [5, 5.41) is 7.00. The van der Waals surface area contributed by atoms with Crippen molar-refractivity contribution in [1.82, 2.24) is 20.2 Å². The highest BCUT2D eigenvalue weighted by atomic mass is 19.1. The van der Waals surface area contributed by atoms with Crippen LogP contribution in [0.3, 0.4) is 0 Å². The van der Waals surface area contributed by atoms with E-state index in [0.29, 0.717) is 24.4 Å². The average molecular weight is 488 g/mol. The van der Waals surface area contributed by atoms with E-state index in [-0.39, 0.29) is 11.9 Å². The lowest BCUT2D eigenvalue weighted by atomic mass is 10.1. The first-order valence-electron chi connectivity index (χ1n) is 12.1. The van der Waals surface area contributed by atoms with Gasteiger partial charge in [0.05, 0.1) is 5.69 Å². The normalized spacial score (nSPS) is 13.2. The fourth-order valence-electron chi connectivity index (χ4n) is 3.91. The summed E-state index contributed by atoms with van der Waals surface area (Å²) in [4.78, 5) is 22.3. The summed E-state index contributed by atoms with van der Waals surface area (Å²) in [6.45, 7) is 1.85. The Balaban J connectivity index is 1.27. The van der Waals surface area contributed by atoms with E-state index in [4.69, 9.17) is 4.74 Å². The molecular formula is C28H30FN5O2. The van der Waals surface area contributed by atoms with Crippen LogP contribution in [0.25, 0.3) is 22.3 Å². The lowest BCUT2D eigenvalue weighted by Gasteiger charge is -2.11. The number of aromatic nitrogens is 2. The molecule has 3 N–H and O–H groups in total. The molecule has 1 saturated carbocycles. The molecule has 4 aromatic rings. The van der Waals surface area contributed by atoms with Crippen molar-refractivity contribution in [2.75, 3.05) is 32.6 Å². The van der Waals surface area contributed by atoms with Crippen LogP contribution in [0, 0.1) is 5.82 Å².